The van der Waals surface area contributed by atoms with Crippen molar-refractivity contribution in [1.29, 1.82) is 0 Å². The molecule has 0 fully saturated rings. The minimum absolute atomic E-state index is 0.273. The molecule has 11 rings (SSSR count). The molecule has 3 atom stereocenters. The van der Waals surface area contributed by atoms with E-state index in [2.05, 4.69) is 188 Å². The Bertz CT molecular complexity index is 3200. The molecule has 4 heteroatoms. The monoisotopic (exact) mass is 778 g/mol. The first-order chi connectivity index (χ1) is 28.6. The van der Waals surface area contributed by atoms with Gasteiger partial charge in [0, 0.05) is 53.1 Å². The average molecular weight is 779 g/mol. The van der Waals surface area contributed by atoms with Crippen LogP contribution >= 0.6 is 23.1 Å². The largest absolute Gasteiger partial charge is 0.360 e. The molecule has 9 aromatic rings. The van der Waals surface area contributed by atoms with Crippen LogP contribution in [0.3, 0.4) is 0 Å². The summed E-state index contributed by atoms with van der Waals surface area (Å²) in [6.07, 6.45) is 10.5. The zero-order chi connectivity index (χ0) is 38.7. The number of thioether (sulfide) groups is 1. The summed E-state index contributed by atoms with van der Waals surface area (Å²) in [4.78, 5) is 7.00. The molecule has 2 heterocycles. The molecule has 0 saturated heterocycles. The third-order valence-corrected chi connectivity index (χ3v) is 14.3. The van der Waals surface area contributed by atoms with Crippen molar-refractivity contribution in [2.24, 2.45) is 4.99 Å². The minimum atomic E-state index is -0.418. The van der Waals surface area contributed by atoms with Crippen LogP contribution in [0, 0.1) is 0 Å². The van der Waals surface area contributed by atoms with Gasteiger partial charge in [0.05, 0.1) is 5.71 Å². The lowest BCUT2D eigenvalue weighted by Crippen LogP contribution is -2.22. The van der Waals surface area contributed by atoms with Crippen LogP contribution < -0.4 is 5.32 Å². The fourth-order valence-electron chi connectivity index (χ4n) is 9.11. The highest BCUT2D eigenvalue weighted by molar-refractivity contribution is 8.00. The highest BCUT2D eigenvalue weighted by Crippen LogP contribution is 2.51. The summed E-state index contributed by atoms with van der Waals surface area (Å²) in [7, 11) is 0. The third kappa shape index (κ3) is 5.74. The van der Waals surface area contributed by atoms with Crippen molar-refractivity contribution in [1.82, 2.24) is 5.32 Å². The van der Waals surface area contributed by atoms with Crippen LogP contribution in [0.1, 0.15) is 34.3 Å². The molecule has 0 amide bonds. The van der Waals surface area contributed by atoms with Crippen LogP contribution in [0.2, 0.25) is 0 Å². The standard InChI is InChI=1S/C54H38N2S2/c1-3-47(56-54(55-33(2)34-16-5-4-6-17-34)44-24-15-27-50-52(44)42-22-11-13-25-48(42)57-50)46-31-36(32-51-53(46)43-23-12-14-26-49(43)58-51)35-28-29-41-39-20-8-7-18-37(39)38-19-9-10-21-40(38)45(41)30-35/h3-32,42,48,54-55H,1-2H2. The number of hydrogen-bond donors (Lipinski definition) is 1. The van der Waals surface area contributed by atoms with Crippen molar-refractivity contribution in [3.05, 3.63) is 217 Å². The third-order valence-electron chi connectivity index (χ3n) is 11.8. The molecule has 0 saturated carbocycles. The maximum Gasteiger partial charge on any atom is 0.145 e. The van der Waals surface area contributed by atoms with E-state index >= 15 is 0 Å². The molecule has 0 radical (unpaired) electrons. The molecule has 2 aliphatic rings. The molecule has 3 unspecified atom stereocenters. The van der Waals surface area contributed by atoms with Gasteiger partial charge in [0.15, 0.2) is 0 Å². The number of hydrogen-bond acceptors (Lipinski definition) is 4. The van der Waals surface area contributed by atoms with Gasteiger partial charge in [-0.1, -0.05) is 159 Å². The number of fused-ring (bicyclic) bond motifs is 12. The molecule has 58 heavy (non-hydrogen) atoms. The van der Waals surface area contributed by atoms with Crippen LogP contribution in [0.25, 0.3) is 69.3 Å². The Morgan fingerprint density at radius 3 is 2.05 bits per heavy atom. The van der Waals surface area contributed by atoms with Gasteiger partial charge in [0.2, 0.25) is 0 Å². The summed E-state index contributed by atoms with van der Waals surface area (Å²) in [5.41, 5.74) is 8.58. The van der Waals surface area contributed by atoms with E-state index in [1.807, 2.05) is 35.2 Å². The van der Waals surface area contributed by atoms with Crippen molar-refractivity contribution in [2.75, 3.05) is 0 Å². The summed E-state index contributed by atoms with van der Waals surface area (Å²) in [5.74, 6) is 0.273. The van der Waals surface area contributed by atoms with Gasteiger partial charge in [-0.15, -0.1) is 23.1 Å². The van der Waals surface area contributed by atoms with Gasteiger partial charge in [-0.2, -0.15) is 0 Å². The highest BCUT2D eigenvalue weighted by atomic mass is 32.2. The molecule has 8 aromatic carbocycles. The van der Waals surface area contributed by atoms with Gasteiger partial charge in [-0.25, -0.2) is 0 Å². The predicted octanol–water partition coefficient (Wildman–Crippen LogP) is 14.8. The lowest BCUT2D eigenvalue weighted by Gasteiger charge is -2.24. The van der Waals surface area contributed by atoms with E-state index in [0.29, 0.717) is 5.25 Å². The Morgan fingerprint density at radius 2 is 1.29 bits per heavy atom. The molecular weight excluding hydrogens is 741 g/mol. The van der Waals surface area contributed by atoms with Crippen molar-refractivity contribution >= 4 is 87.0 Å². The molecule has 1 aliphatic carbocycles. The summed E-state index contributed by atoms with van der Waals surface area (Å²) < 4.78 is 2.48. The van der Waals surface area contributed by atoms with E-state index in [-0.39, 0.29) is 5.92 Å². The van der Waals surface area contributed by atoms with Crippen LogP contribution in [0.15, 0.2) is 205 Å². The molecule has 2 nitrogen and oxygen atoms in total. The summed E-state index contributed by atoms with van der Waals surface area (Å²) in [5, 5.41) is 14.2. The smallest absolute Gasteiger partial charge is 0.145 e. The van der Waals surface area contributed by atoms with E-state index in [0.717, 1.165) is 33.7 Å². The summed E-state index contributed by atoms with van der Waals surface area (Å²) >= 11 is 3.77. The lowest BCUT2D eigenvalue weighted by atomic mass is 9.88. The minimum Gasteiger partial charge on any atom is -0.360 e. The Balaban J connectivity index is 1.13. The number of allylic oxidation sites excluding steroid dienone is 4. The molecule has 1 aromatic heterocycles. The van der Waals surface area contributed by atoms with Crippen molar-refractivity contribution in [2.45, 2.75) is 22.2 Å². The first-order valence-corrected chi connectivity index (χ1v) is 21.5. The first-order valence-electron chi connectivity index (χ1n) is 19.8. The number of thiophene rings is 1. The molecule has 0 bridgehead atoms. The molecule has 1 aliphatic heterocycles. The molecule has 0 spiro atoms. The normalized spacial score (nSPS) is 16.6. The van der Waals surface area contributed by atoms with E-state index in [9.17, 15) is 0 Å². The Morgan fingerprint density at radius 1 is 0.621 bits per heavy atom. The number of nitrogens with zero attached hydrogens (tertiary/aromatic N) is 1. The number of rotatable bonds is 8. The average Bonchev–Trinajstić information content (AvgIpc) is 3.86. The second kappa shape index (κ2) is 14.2. The SMILES string of the molecule is C=CC(=NC(NC(=C)c1ccccc1)c1cccc2c1C1C=CC=CC1S2)c1cc(-c2ccc3c4ccccc4c4ccccc4c3c2)cc2sc3ccccc3c12. The topological polar surface area (TPSA) is 24.4 Å². The van der Waals surface area contributed by atoms with Gasteiger partial charge >= 0.3 is 0 Å². The number of nitrogens with one attached hydrogen (secondary N) is 1. The van der Waals surface area contributed by atoms with E-state index < -0.39 is 6.17 Å². The lowest BCUT2D eigenvalue weighted by molar-refractivity contribution is 0.654. The zero-order valence-corrected chi connectivity index (χ0v) is 33.4. The maximum absolute atomic E-state index is 5.69. The summed E-state index contributed by atoms with van der Waals surface area (Å²) in [6, 6.07) is 55.0. The van der Waals surface area contributed by atoms with Gasteiger partial charge in [0.1, 0.15) is 6.17 Å². The fourth-order valence-corrected chi connectivity index (χ4v) is 11.7. The summed E-state index contributed by atoms with van der Waals surface area (Å²) in [6.45, 7) is 8.97. The van der Waals surface area contributed by atoms with E-state index in [1.54, 1.807) is 0 Å². The second-order valence-corrected chi connectivity index (χ2v) is 17.4. The van der Waals surface area contributed by atoms with E-state index in [1.165, 1.54) is 68.5 Å². The van der Waals surface area contributed by atoms with Gasteiger partial charge in [-0.05, 0) is 91.0 Å². The Kier molecular flexibility index (Phi) is 8.50. The number of aliphatic imine (C=N–C) groups is 1. The first kappa shape index (κ1) is 34.8. The van der Waals surface area contributed by atoms with Crippen LogP contribution in [-0.4, -0.2) is 11.0 Å². The van der Waals surface area contributed by atoms with Gasteiger partial charge in [0.25, 0.3) is 0 Å². The van der Waals surface area contributed by atoms with E-state index in [4.69, 9.17) is 4.99 Å². The van der Waals surface area contributed by atoms with Crippen LogP contribution in [0.5, 0.6) is 0 Å². The number of benzene rings is 8. The molecule has 276 valence electrons. The van der Waals surface area contributed by atoms with Crippen molar-refractivity contribution < 1.29 is 0 Å². The predicted molar refractivity (Wildman–Crippen MR) is 252 cm³/mol. The molecular formula is C54H38N2S2. The highest BCUT2D eigenvalue weighted by Gasteiger charge is 2.35. The Labute approximate surface area is 346 Å². The fraction of sp³-hybridized carbons (Fsp3) is 0.0556. The van der Waals surface area contributed by atoms with Crippen LogP contribution in [-0.2, 0) is 0 Å². The van der Waals surface area contributed by atoms with Gasteiger partial charge in [-0.3, -0.25) is 4.99 Å². The maximum atomic E-state index is 5.69. The van der Waals surface area contributed by atoms with Crippen molar-refractivity contribution in [3.63, 3.8) is 0 Å². The zero-order valence-electron chi connectivity index (χ0n) is 31.7. The second-order valence-electron chi connectivity index (χ2n) is 15.1. The van der Waals surface area contributed by atoms with Crippen LogP contribution in [0.4, 0.5) is 0 Å². The Hall–Kier alpha value is -6.46. The molecule has 1 N–H and O–H groups in total. The van der Waals surface area contributed by atoms with Gasteiger partial charge < -0.3 is 5.32 Å². The van der Waals surface area contributed by atoms with Crippen molar-refractivity contribution in [3.8, 4) is 11.1 Å². The quantitative estimate of drug-likeness (QED) is 0.123.